The number of thiol groups is 4. The van der Waals surface area contributed by atoms with Gasteiger partial charge >= 0.3 is 0 Å². The molecule has 4 aromatic rings. The largest absolute Gasteiger partial charge is 0.143 e. The maximum atomic E-state index is 4.52. The van der Waals surface area contributed by atoms with Gasteiger partial charge in [-0.15, -0.1) is 50.5 Å². The van der Waals surface area contributed by atoms with Gasteiger partial charge in [-0.1, -0.05) is 55.5 Å². The standard InChI is InChI=1S/C27H24S4/c1-27(20-6-14-24(30)15-7-20,21-8-16-25(31)17-9-21)26(18-2-10-22(28)11-3-18)19-4-12-23(29)13-5-19/h2-17,26,28-31H,1H3. The Morgan fingerprint density at radius 2 is 0.710 bits per heavy atom. The van der Waals surface area contributed by atoms with Crippen LogP contribution in [-0.2, 0) is 5.41 Å². The van der Waals surface area contributed by atoms with Crippen molar-refractivity contribution in [2.75, 3.05) is 0 Å². The van der Waals surface area contributed by atoms with Crippen molar-refractivity contribution < 1.29 is 0 Å². The Kier molecular flexibility index (Phi) is 6.83. The molecular weight excluding hydrogens is 453 g/mol. The van der Waals surface area contributed by atoms with E-state index in [1.165, 1.54) is 22.3 Å². The van der Waals surface area contributed by atoms with E-state index in [-0.39, 0.29) is 11.3 Å². The smallest absolute Gasteiger partial charge is 0.0283 e. The lowest BCUT2D eigenvalue weighted by Crippen LogP contribution is -2.33. The van der Waals surface area contributed by atoms with Crippen molar-refractivity contribution in [3.63, 3.8) is 0 Å². The van der Waals surface area contributed by atoms with Gasteiger partial charge < -0.3 is 0 Å². The Balaban J connectivity index is 2.01. The van der Waals surface area contributed by atoms with Gasteiger partial charge in [0.2, 0.25) is 0 Å². The molecule has 0 amide bonds. The second kappa shape index (κ2) is 9.41. The first-order valence-corrected chi connectivity index (χ1v) is 11.8. The first-order chi connectivity index (χ1) is 14.9. The molecule has 0 bridgehead atoms. The van der Waals surface area contributed by atoms with Crippen LogP contribution in [0.1, 0.15) is 35.1 Å². The number of hydrogen-bond donors (Lipinski definition) is 4. The van der Waals surface area contributed by atoms with Crippen molar-refractivity contribution in [3.8, 4) is 0 Å². The molecule has 0 aliphatic heterocycles. The maximum Gasteiger partial charge on any atom is 0.0283 e. The van der Waals surface area contributed by atoms with Crippen LogP contribution in [0, 0.1) is 0 Å². The van der Waals surface area contributed by atoms with Gasteiger partial charge in [0.15, 0.2) is 0 Å². The molecule has 0 saturated carbocycles. The molecule has 0 atom stereocenters. The molecule has 0 aliphatic rings. The highest BCUT2D eigenvalue weighted by atomic mass is 32.1. The summed E-state index contributed by atoms with van der Waals surface area (Å²) in [7, 11) is 0. The predicted molar refractivity (Wildman–Crippen MR) is 143 cm³/mol. The second-order valence-electron chi connectivity index (χ2n) is 7.91. The third-order valence-electron chi connectivity index (χ3n) is 5.96. The molecule has 4 rings (SSSR count). The van der Waals surface area contributed by atoms with E-state index >= 15 is 0 Å². The lowest BCUT2D eigenvalue weighted by Gasteiger charge is -2.40. The fourth-order valence-corrected chi connectivity index (χ4v) is 4.90. The SMILES string of the molecule is CC(c1ccc(S)cc1)(c1ccc(S)cc1)C(c1ccc(S)cc1)c1ccc(S)cc1. The summed E-state index contributed by atoms with van der Waals surface area (Å²) >= 11 is 18.0. The molecule has 4 heteroatoms. The predicted octanol–water partition coefficient (Wildman–Crippen LogP) is 7.98. The molecule has 0 N–H and O–H groups in total. The van der Waals surface area contributed by atoms with Gasteiger partial charge in [0.25, 0.3) is 0 Å². The molecule has 0 spiro atoms. The highest BCUT2D eigenvalue weighted by Gasteiger charge is 2.39. The van der Waals surface area contributed by atoms with Crippen LogP contribution >= 0.6 is 50.5 Å². The van der Waals surface area contributed by atoms with Gasteiger partial charge in [-0.3, -0.25) is 0 Å². The molecule has 0 saturated heterocycles. The van der Waals surface area contributed by atoms with Gasteiger partial charge in [-0.25, -0.2) is 0 Å². The van der Waals surface area contributed by atoms with E-state index in [1.807, 2.05) is 0 Å². The van der Waals surface area contributed by atoms with E-state index in [1.54, 1.807) is 0 Å². The molecule has 4 aromatic carbocycles. The van der Waals surface area contributed by atoms with Gasteiger partial charge in [0, 0.05) is 30.9 Å². The maximum absolute atomic E-state index is 4.52. The molecule has 156 valence electrons. The molecule has 0 unspecified atom stereocenters. The van der Waals surface area contributed by atoms with Crippen molar-refractivity contribution in [2.24, 2.45) is 0 Å². The molecule has 0 aromatic heterocycles. The van der Waals surface area contributed by atoms with Gasteiger partial charge in [0.1, 0.15) is 0 Å². The van der Waals surface area contributed by atoms with Gasteiger partial charge in [-0.2, -0.15) is 0 Å². The summed E-state index contributed by atoms with van der Waals surface area (Å²) in [5.74, 6) is 0.0758. The minimum absolute atomic E-state index is 0.0758. The Labute approximate surface area is 206 Å². The number of benzene rings is 4. The first-order valence-electron chi connectivity index (χ1n) is 10.0. The van der Waals surface area contributed by atoms with Crippen molar-refractivity contribution in [1.29, 1.82) is 0 Å². The summed E-state index contributed by atoms with van der Waals surface area (Å²) in [6.45, 7) is 2.32. The van der Waals surface area contributed by atoms with E-state index < -0.39 is 0 Å². The molecule has 0 radical (unpaired) electrons. The van der Waals surface area contributed by atoms with E-state index in [4.69, 9.17) is 0 Å². The third-order valence-corrected chi connectivity index (χ3v) is 7.16. The number of hydrogen-bond acceptors (Lipinski definition) is 4. The molecular formula is C27H24S4. The van der Waals surface area contributed by atoms with Gasteiger partial charge in [0.05, 0.1) is 0 Å². The van der Waals surface area contributed by atoms with E-state index in [9.17, 15) is 0 Å². The fraction of sp³-hybridized carbons (Fsp3) is 0.111. The Bertz CT molecular complexity index is 1060. The van der Waals surface area contributed by atoms with Crippen LogP contribution < -0.4 is 0 Å². The van der Waals surface area contributed by atoms with Crippen LogP contribution in [0.5, 0.6) is 0 Å². The Morgan fingerprint density at radius 1 is 0.452 bits per heavy atom. The highest BCUT2D eigenvalue weighted by molar-refractivity contribution is 7.80. The van der Waals surface area contributed by atoms with Crippen molar-refractivity contribution in [2.45, 2.75) is 37.8 Å². The van der Waals surface area contributed by atoms with Crippen LogP contribution in [0.3, 0.4) is 0 Å². The van der Waals surface area contributed by atoms with Crippen molar-refractivity contribution >= 4 is 50.5 Å². The monoisotopic (exact) mass is 476 g/mol. The van der Waals surface area contributed by atoms with E-state index in [0.717, 1.165) is 19.6 Å². The molecule has 31 heavy (non-hydrogen) atoms. The van der Waals surface area contributed by atoms with E-state index in [2.05, 4.69) is 155 Å². The minimum Gasteiger partial charge on any atom is -0.143 e. The van der Waals surface area contributed by atoms with E-state index in [0.29, 0.717) is 0 Å². The molecule has 0 heterocycles. The Hall–Kier alpha value is -1.72. The quantitative estimate of drug-likeness (QED) is 0.206. The summed E-state index contributed by atoms with van der Waals surface area (Å²) in [6.07, 6.45) is 0. The van der Waals surface area contributed by atoms with Gasteiger partial charge in [-0.05, 0) is 70.8 Å². The summed E-state index contributed by atoms with van der Waals surface area (Å²) < 4.78 is 0. The third kappa shape index (κ3) is 4.73. The van der Waals surface area contributed by atoms with Crippen LogP contribution in [0.25, 0.3) is 0 Å². The normalized spacial score (nSPS) is 11.7. The fourth-order valence-electron chi connectivity index (χ4n) is 4.31. The van der Waals surface area contributed by atoms with Crippen LogP contribution in [0.4, 0.5) is 0 Å². The zero-order chi connectivity index (χ0) is 22.0. The lowest BCUT2D eigenvalue weighted by atomic mass is 9.62. The van der Waals surface area contributed by atoms with Crippen molar-refractivity contribution in [3.05, 3.63) is 119 Å². The summed E-state index contributed by atoms with van der Waals surface area (Å²) in [4.78, 5) is 3.81. The summed E-state index contributed by atoms with van der Waals surface area (Å²) in [6, 6.07) is 34.0. The minimum atomic E-state index is -0.334. The van der Waals surface area contributed by atoms with Crippen LogP contribution in [0.2, 0.25) is 0 Å². The Morgan fingerprint density at radius 3 is 1.00 bits per heavy atom. The average Bonchev–Trinajstić information content (AvgIpc) is 2.77. The first kappa shape index (κ1) is 22.5. The highest BCUT2D eigenvalue weighted by Crippen LogP contribution is 2.48. The number of rotatable bonds is 5. The second-order valence-corrected chi connectivity index (χ2v) is 9.98. The lowest BCUT2D eigenvalue weighted by molar-refractivity contribution is 0.497. The topological polar surface area (TPSA) is 0 Å². The van der Waals surface area contributed by atoms with Crippen molar-refractivity contribution in [1.82, 2.24) is 0 Å². The summed E-state index contributed by atoms with van der Waals surface area (Å²) in [5, 5.41) is 0. The molecule has 0 aliphatic carbocycles. The zero-order valence-electron chi connectivity index (χ0n) is 17.1. The van der Waals surface area contributed by atoms with Crippen LogP contribution in [-0.4, -0.2) is 0 Å². The average molecular weight is 477 g/mol. The zero-order valence-corrected chi connectivity index (χ0v) is 20.7. The van der Waals surface area contributed by atoms with Crippen LogP contribution in [0.15, 0.2) is 117 Å². The molecule has 0 fully saturated rings. The molecule has 0 nitrogen and oxygen atoms in total. The summed E-state index contributed by atoms with van der Waals surface area (Å²) in [5.41, 5.74) is 4.59.